The summed E-state index contributed by atoms with van der Waals surface area (Å²) in [5, 5.41) is 3.04. The molecule has 1 N–H and O–H groups in total. The molecule has 1 saturated heterocycles. The van der Waals surface area contributed by atoms with Gasteiger partial charge >= 0.3 is 12.6 Å². The van der Waals surface area contributed by atoms with Crippen molar-refractivity contribution < 1.29 is 13.6 Å². The van der Waals surface area contributed by atoms with Crippen LogP contribution in [0.4, 0.5) is 13.6 Å². The normalized spacial score (nSPS) is 20.5. The van der Waals surface area contributed by atoms with Crippen LogP contribution in [0, 0.1) is 0 Å². The zero-order valence-electron chi connectivity index (χ0n) is 15.2. The second-order valence-electron chi connectivity index (χ2n) is 7.07. The highest BCUT2D eigenvalue weighted by Gasteiger charge is 2.40. The van der Waals surface area contributed by atoms with Gasteiger partial charge < -0.3 is 10.2 Å². The zero-order valence-corrected chi connectivity index (χ0v) is 16.0. The number of halogens is 2. The predicted octanol–water partition coefficient (Wildman–Crippen LogP) is 2.78. The highest BCUT2D eigenvalue weighted by Crippen LogP contribution is 2.36. The van der Waals surface area contributed by atoms with Crippen LogP contribution in [-0.2, 0) is 6.54 Å². The quantitative estimate of drug-likeness (QED) is 0.816. The van der Waals surface area contributed by atoms with Crippen molar-refractivity contribution in [1.82, 2.24) is 24.7 Å². The van der Waals surface area contributed by atoms with E-state index in [-0.39, 0.29) is 23.9 Å². The van der Waals surface area contributed by atoms with Crippen LogP contribution >= 0.6 is 11.8 Å². The maximum atomic E-state index is 12.9. The number of carbonyl (C=O) groups is 1. The molecular formula is C17H27F2N5OS. The number of imidazole rings is 1. The van der Waals surface area contributed by atoms with E-state index in [0.717, 1.165) is 42.0 Å². The van der Waals surface area contributed by atoms with Crippen molar-refractivity contribution in [2.45, 2.75) is 44.3 Å². The molecule has 1 aromatic rings. The van der Waals surface area contributed by atoms with Crippen molar-refractivity contribution in [1.29, 1.82) is 0 Å². The molecule has 0 aromatic carbocycles. The van der Waals surface area contributed by atoms with Gasteiger partial charge in [0.25, 0.3) is 0 Å². The number of urea groups is 1. The maximum Gasteiger partial charge on any atom is 0.319 e. The molecule has 9 heteroatoms. The summed E-state index contributed by atoms with van der Waals surface area (Å²) in [7, 11) is 1.61. The molecule has 0 radical (unpaired) electrons. The SMILES string of the molecule is CN(Cc1nccn1C(F)F)C(=O)NCC1(N2CCSCC2)CCCC1. The van der Waals surface area contributed by atoms with Gasteiger partial charge in [0.15, 0.2) is 0 Å². The average molecular weight is 388 g/mol. The number of thioether (sulfide) groups is 1. The molecule has 0 unspecified atom stereocenters. The van der Waals surface area contributed by atoms with Crippen LogP contribution in [0.5, 0.6) is 0 Å². The van der Waals surface area contributed by atoms with Gasteiger partial charge in [-0.15, -0.1) is 0 Å². The molecule has 1 aliphatic heterocycles. The van der Waals surface area contributed by atoms with Crippen molar-refractivity contribution in [2.24, 2.45) is 0 Å². The lowest BCUT2D eigenvalue weighted by atomic mass is 9.94. The number of nitrogens with one attached hydrogen (secondary N) is 1. The molecule has 0 bridgehead atoms. The van der Waals surface area contributed by atoms with Gasteiger partial charge in [0.2, 0.25) is 0 Å². The number of nitrogens with zero attached hydrogens (tertiary/aromatic N) is 4. The molecule has 1 aromatic heterocycles. The molecule has 2 aliphatic rings. The number of hydrogen-bond acceptors (Lipinski definition) is 4. The second-order valence-corrected chi connectivity index (χ2v) is 8.30. The standard InChI is InChI=1S/C17H27F2N5OS/c1-22(12-14-20-6-7-24(14)15(18)19)16(25)21-13-17(4-2-3-5-17)23-8-10-26-11-9-23/h6-7,15H,2-5,8-13H2,1H3,(H,21,25). The van der Waals surface area contributed by atoms with E-state index in [2.05, 4.69) is 15.2 Å². The summed E-state index contributed by atoms with van der Waals surface area (Å²) < 4.78 is 26.6. The smallest absolute Gasteiger partial charge is 0.319 e. The third-order valence-electron chi connectivity index (χ3n) is 5.47. The molecule has 2 heterocycles. The van der Waals surface area contributed by atoms with E-state index >= 15 is 0 Å². The Kier molecular flexibility index (Phi) is 6.39. The summed E-state index contributed by atoms with van der Waals surface area (Å²) in [4.78, 5) is 20.4. The minimum atomic E-state index is -2.65. The Morgan fingerprint density at radius 2 is 2.08 bits per heavy atom. The summed E-state index contributed by atoms with van der Waals surface area (Å²) in [6.07, 6.45) is 7.17. The molecule has 1 aliphatic carbocycles. The minimum Gasteiger partial charge on any atom is -0.336 e. The Morgan fingerprint density at radius 1 is 1.38 bits per heavy atom. The molecule has 146 valence electrons. The maximum absolute atomic E-state index is 12.9. The van der Waals surface area contributed by atoms with Crippen LogP contribution in [0.25, 0.3) is 0 Å². The van der Waals surface area contributed by atoms with Crippen LogP contribution in [0.1, 0.15) is 38.1 Å². The van der Waals surface area contributed by atoms with Crippen LogP contribution in [-0.4, -0.2) is 69.1 Å². The second kappa shape index (κ2) is 8.56. The highest BCUT2D eigenvalue weighted by atomic mass is 32.2. The predicted molar refractivity (Wildman–Crippen MR) is 98.4 cm³/mol. The van der Waals surface area contributed by atoms with Crippen molar-refractivity contribution in [3.8, 4) is 0 Å². The van der Waals surface area contributed by atoms with E-state index < -0.39 is 6.55 Å². The molecule has 0 atom stereocenters. The number of rotatable bonds is 6. The monoisotopic (exact) mass is 387 g/mol. The van der Waals surface area contributed by atoms with E-state index in [9.17, 15) is 13.6 Å². The minimum absolute atomic E-state index is 0.0521. The van der Waals surface area contributed by atoms with Crippen molar-refractivity contribution in [3.63, 3.8) is 0 Å². The number of alkyl halides is 2. The first kappa shape index (κ1) is 19.4. The summed E-state index contributed by atoms with van der Waals surface area (Å²) in [6, 6.07) is -0.244. The van der Waals surface area contributed by atoms with E-state index in [1.165, 1.54) is 30.1 Å². The fourth-order valence-corrected chi connectivity index (χ4v) is 4.88. The fourth-order valence-electron chi connectivity index (χ4n) is 3.98. The number of amides is 2. The fraction of sp³-hybridized carbons (Fsp3) is 0.765. The van der Waals surface area contributed by atoms with Crippen molar-refractivity contribution >= 4 is 17.8 Å². The third-order valence-corrected chi connectivity index (χ3v) is 6.41. The molecule has 0 spiro atoms. The number of aromatic nitrogens is 2. The lowest BCUT2D eigenvalue weighted by Gasteiger charge is -2.43. The Balaban J connectivity index is 1.57. The first-order valence-electron chi connectivity index (χ1n) is 9.13. The third kappa shape index (κ3) is 4.31. The van der Waals surface area contributed by atoms with Gasteiger partial charge in [-0.25, -0.2) is 9.78 Å². The molecule has 26 heavy (non-hydrogen) atoms. The van der Waals surface area contributed by atoms with Gasteiger partial charge in [-0.05, 0) is 12.8 Å². The van der Waals surface area contributed by atoms with Gasteiger partial charge in [0.05, 0.1) is 6.54 Å². The van der Waals surface area contributed by atoms with Crippen LogP contribution < -0.4 is 5.32 Å². The van der Waals surface area contributed by atoms with Gasteiger partial charge in [-0.1, -0.05) is 12.8 Å². The van der Waals surface area contributed by atoms with Crippen molar-refractivity contribution in [2.75, 3.05) is 38.2 Å². The highest BCUT2D eigenvalue weighted by molar-refractivity contribution is 7.99. The van der Waals surface area contributed by atoms with E-state index in [1.54, 1.807) is 7.05 Å². The first-order chi connectivity index (χ1) is 12.5. The van der Waals surface area contributed by atoms with E-state index in [0.29, 0.717) is 6.54 Å². The van der Waals surface area contributed by atoms with E-state index in [1.807, 2.05) is 11.8 Å². The van der Waals surface area contributed by atoms with Crippen LogP contribution in [0.15, 0.2) is 12.4 Å². The molecule has 2 amide bonds. The largest absolute Gasteiger partial charge is 0.336 e. The van der Waals surface area contributed by atoms with Crippen LogP contribution in [0.3, 0.4) is 0 Å². The summed E-state index contributed by atoms with van der Waals surface area (Å²) >= 11 is 1.98. The van der Waals surface area contributed by atoms with Crippen LogP contribution in [0.2, 0.25) is 0 Å². The number of hydrogen-bond donors (Lipinski definition) is 1. The molecule has 3 rings (SSSR count). The van der Waals surface area contributed by atoms with E-state index in [4.69, 9.17) is 0 Å². The Labute approximate surface area is 157 Å². The number of carbonyl (C=O) groups excluding carboxylic acids is 1. The molecular weight excluding hydrogens is 360 g/mol. The average Bonchev–Trinajstić information content (AvgIpc) is 3.30. The topological polar surface area (TPSA) is 53.4 Å². The Hall–Kier alpha value is -1.35. The Morgan fingerprint density at radius 3 is 2.73 bits per heavy atom. The first-order valence-corrected chi connectivity index (χ1v) is 10.3. The Bertz CT molecular complexity index is 600. The molecule has 1 saturated carbocycles. The lowest BCUT2D eigenvalue weighted by molar-refractivity contribution is 0.0649. The molecule has 2 fully saturated rings. The lowest BCUT2D eigenvalue weighted by Crippen LogP contribution is -2.57. The van der Waals surface area contributed by atoms with Gasteiger partial charge in [0, 0.05) is 56.1 Å². The summed E-state index contributed by atoms with van der Waals surface area (Å²) in [6.45, 7) is 0.160. The van der Waals surface area contributed by atoms with Crippen molar-refractivity contribution in [3.05, 3.63) is 18.2 Å². The van der Waals surface area contributed by atoms with Gasteiger partial charge in [-0.2, -0.15) is 20.5 Å². The van der Waals surface area contributed by atoms with Gasteiger partial charge in [-0.3, -0.25) is 9.47 Å². The summed E-state index contributed by atoms with van der Waals surface area (Å²) in [5.74, 6) is 2.47. The molecule has 6 nitrogen and oxygen atoms in total. The summed E-state index contributed by atoms with van der Waals surface area (Å²) in [5.41, 5.74) is 0.0545. The zero-order chi connectivity index (χ0) is 18.6. The van der Waals surface area contributed by atoms with Gasteiger partial charge in [0.1, 0.15) is 5.82 Å².